The van der Waals surface area contributed by atoms with Crippen molar-refractivity contribution in [3.63, 3.8) is 0 Å². The highest BCUT2D eigenvalue weighted by Gasteiger charge is 2.19. The van der Waals surface area contributed by atoms with E-state index in [0.29, 0.717) is 11.0 Å². The second kappa shape index (κ2) is 5.11. The smallest absolute Gasteiger partial charge is 0.337 e. The van der Waals surface area contributed by atoms with Gasteiger partial charge in [-0.05, 0) is 17.7 Å². The highest BCUT2D eigenvalue weighted by atomic mass is 79.9. The molecule has 0 aromatic heterocycles. The van der Waals surface area contributed by atoms with Crippen LogP contribution in [-0.4, -0.2) is 16.2 Å². The van der Waals surface area contributed by atoms with E-state index in [1.807, 2.05) is 0 Å². The van der Waals surface area contributed by atoms with Crippen molar-refractivity contribution in [1.82, 2.24) is 0 Å². The van der Waals surface area contributed by atoms with E-state index < -0.39 is 12.1 Å². The van der Waals surface area contributed by atoms with Crippen LogP contribution in [0.3, 0.4) is 0 Å². The van der Waals surface area contributed by atoms with E-state index in [4.69, 9.17) is 10.9 Å². The number of hydrazine groups is 1. The predicted molar refractivity (Wildman–Crippen MR) is 59.5 cm³/mol. The molecule has 1 aromatic carbocycles. The minimum absolute atomic E-state index is 0.252. The number of aliphatic hydroxyl groups excluding tert-OH is 1. The number of carboxylic acids is 1. The van der Waals surface area contributed by atoms with Crippen LogP contribution in [0.5, 0.6) is 0 Å². The van der Waals surface area contributed by atoms with Crippen LogP contribution in [0.4, 0.5) is 5.69 Å². The topological polar surface area (TPSA) is 95.6 Å². The first-order valence-corrected chi connectivity index (χ1v) is 5.28. The van der Waals surface area contributed by atoms with E-state index in [1.54, 1.807) is 18.2 Å². The zero-order valence-corrected chi connectivity index (χ0v) is 9.36. The number of halogens is 1. The summed E-state index contributed by atoms with van der Waals surface area (Å²) in [7, 11) is 0. The van der Waals surface area contributed by atoms with Crippen LogP contribution >= 0.6 is 15.9 Å². The van der Waals surface area contributed by atoms with Gasteiger partial charge in [0, 0.05) is 10.9 Å². The molecule has 0 heterocycles. The first kappa shape index (κ1) is 12.0. The Labute approximate surface area is 95.0 Å². The van der Waals surface area contributed by atoms with Gasteiger partial charge in [0.05, 0.1) is 5.69 Å². The van der Waals surface area contributed by atoms with Gasteiger partial charge in [0.2, 0.25) is 0 Å². The monoisotopic (exact) mass is 274 g/mol. The van der Waals surface area contributed by atoms with Crippen molar-refractivity contribution in [2.24, 2.45) is 5.84 Å². The molecule has 1 unspecified atom stereocenters. The first-order chi connectivity index (χ1) is 7.10. The minimum atomic E-state index is -1.57. The van der Waals surface area contributed by atoms with Crippen LogP contribution in [0.1, 0.15) is 17.2 Å². The Kier molecular flexibility index (Phi) is 4.07. The maximum atomic E-state index is 10.6. The number of aliphatic hydroxyl groups is 1. The number of nitrogens with one attached hydrogen (secondary N) is 1. The van der Waals surface area contributed by atoms with Gasteiger partial charge in [0.1, 0.15) is 0 Å². The summed E-state index contributed by atoms with van der Waals surface area (Å²) in [6, 6.07) is 4.99. The van der Waals surface area contributed by atoms with Crippen molar-refractivity contribution in [3.05, 3.63) is 29.3 Å². The van der Waals surface area contributed by atoms with Crippen LogP contribution in [0, 0.1) is 0 Å². The maximum Gasteiger partial charge on any atom is 0.337 e. The molecule has 5 nitrogen and oxygen atoms in total. The molecule has 0 aliphatic carbocycles. The Hall–Kier alpha value is -1.11. The SMILES string of the molecule is NNc1ccc(CBr)cc1C(O)C(=O)O. The Morgan fingerprint density at radius 3 is 2.73 bits per heavy atom. The van der Waals surface area contributed by atoms with Crippen molar-refractivity contribution in [2.75, 3.05) is 5.43 Å². The number of nitrogen functional groups attached to an aromatic ring is 1. The summed E-state index contributed by atoms with van der Waals surface area (Å²) in [6.07, 6.45) is -1.57. The molecule has 1 rings (SSSR count). The summed E-state index contributed by atoms with van der Waals surface area (Å²) < 4.78 is 0. The standard InChI is InChI=1S/C9H11BrN2O3/c10-4-5-1-2-7(12-11)6(3-5)8(13)9(14)15/h1-3,8,12-13H,4,11H2,(H,14,15). The second-order valence-electron chi connectivity index (χ2n) is 2.94. The largest absolute Gasteiger partial charge is 0.479 e. The van der Waals surface area contributed by atoms with Gasteiger partial charge in [-0.3, -0.25) is 5.84 Å². The van der Waals surface area contributed by atoms with Crippen LogP contribution < -0.4 is 11.3 Å². The van der Waals surface area contributed by atoms with Gasteiger partial charge in [-0.25, -0.2) is 4.79 Å². The summed E-state index contributed by atoms with van der Waals surface area (Å²) in [4.78, 5) is 10.6. The first-order valence-electron chi connectivity index (χ1n) is 4.16. The fourth-order valence-corrected chi connectivity index (χ4v) is 1.53. The lowest BCUT2D eigenvalue weighted by Crippen LogP contribution is -2.16. The molecule has 6 heteroatoms. The molecule has 0 saturated carbocycles. The molecular formula is C9H11BrN2O3. The fraction of sp³-hybridized carbons (Fsp3) is 0.222. The second-order valence-corrected chi connectivity index (χ2v) is 3.50. The number of rotatable bonds is 4. The van der Waals surface area contributed by atoms with Gasteiger partial charge in [-0.1, -0.05) is 22.0 Å². The fourth-order valence-electron chi connectivity index (χ4n) is 1.19. The Morgan fingerprint density at radius 1 is 1.60 bits per heavy atom. The van der Waals surface area contributed by atoms with Crippen LogP contribution in [-0.2, 0) is 10.1 Å². The minimum Gasteiger partial charge on any atom is -0.479 e. The molecule has 0 aliphatic rings. The van der Waals surface area contributed by atoms with Gasteiger partial charge >= 0.3 is 5.97 Å². The molecule has 0 amide bonds. The molecule has 82 valence electrons. The van der Waals surface area contributed by atoms with Crippen LogP contribution in [0.2, 0.25) is 0 Å². The Balaban J connectivity index is 3.16. The Bertz CT molecular complexity index is 370. The quantitative estimate of drug-likeness (QED) is 0.373. The van der Waals surface area contributed by atoms with Crippen LogP contribution in [0.15, 0.2) is 18.2 Å². The summed E-state index contributed by atoms with van der Waals surface area (Å²) in [6.45, 7) is 0. The molecule has 1 atom stereocenters. The molecule has 0 radical (unpaired) electrons. The van der Waals surface area contributed by atoms with Crippen molar-refractivity contribution < 1.29 is 15.0 Å². The lowest BCUT2D eigenvalue weighted by Gasteiger charge is -2.12. The number of nitrogens with two attached hydrogens (primary N) is 1. The van der Waals surface area contributed by atoms with E-state index >= 15 is 0 Å². The number of benzene rings is 1. The number of carboxylic acid groups (broad SMARTS) is 1. The summed E-state index contributed by atoms with van der Waals surface area (Å²) in [5.74, 6) is 3.91. The molecule has 0 aliphatic heterocycles. The average Bonchev–Trinajstić information content (AvgIpc) is 2.27. The van der Waals surface area contributed by atoms with Gasteiger partial charge in [-0.15, -0.1) is 0 Å². The third-order valence-electron chi connectivity index (χ3n) is 1.95. The molecule has 5 N–H and O–H groups in total. The van der Waals surface area contributed by atoms with Crippen molar-refractivity contribution >= 4 is 27.6 Å². The van der Waals surface area contributed by atoms with Crippen molar-refractivity contribution in [1.29, 1.82) is 0 Å². The molecule has 15 heavy (non-hydrogen) atoms. The Morgan fingerprint density at radius 2 is 2.27 bits per heavy atom. The number of hydrogen-bond donors (Lipinski definition) is 4. The predicted octanol–water partition coefficient (Wildman–Crippen LogP) is 0.985. The van der Waals surface area contributed by atoms with Crippen LogP contribution in [0.25, 0.3) is 0 Å². The number of alkyl halides is 1. The van der Waals surface area contributed by atoms with Gasteiger partial charge in [-0.2, -0.15) is 0 Å². The lowest BCUT2D eigenvalue weighted by molar-refractivity contribution is -0.146. The van der Waals surface area contributed by atoms with Crippen molar-refractivity contribution in [2.45, 2.75) is 11.4 Å². The van der Waals surface area contributed by atoms with Crippen molar-refractivity contribution in [3.8, 4) is 0 Å². The third-order valence-corrected chi connectivity index (χ3v) is 2.60. The zero-order valence-electron chi connectivity index (χ0n) is 7.77. The summed E-state index contributed by atoms with van der Waals surface area (Å²) >= 11 is 3.24. The zero-order chi connectivity index (χ0) is 11.4. The number of hydrogen-bond acceptors (Lipinski definition) is 4. The summed E-state index contributed by atoms with van der Waals surface area (Å²) in [5, 5.41) is 18.7. The normalized spacial score (nSPS) is 12.2. The summed E-state index contributed by atoms with van der Waals surface area (Å²) in [5.41, 5.74) is 3.86. The molecule has 0 bridgehead atoms. The third kappa shape index (κ3) is 2.68. The highest BCUT2D eigenvalue weighted by Crippen LogP contribution is 2.24. The maximum absolute atomic E-state index is 10.6. The molecular weight excluding hydrogens is 264 g/mol. The van der Waals surface area contributed by atoms with E-state index in [-0.39, 0.29) is 5.56 Å². The highest BCUT2D eigenvalue weighted by molar-refractivity contribution is 9.08. The molecule has 0 fully saturated rings. The van der Waals surface area contributed by atoms with Gasteiger partial charge in [0.25, 0.3) is 0 Å². The van der Waals surface area contributed by atoms with E-state index in [2.05, 4.69) is 21.4 Å². The van der Waals surface area contributed by atoms with Gasteiger partial charge in [0.15, 0.2) is 6.10 Å². The number of carbonyl (C=O) groups is 1. The lowest BCUT2D eigenvalue weighted by atomic mass is 10.0. The average molecular weight is 275 g/mol. The van der Waals surface area contributed by atoms with E-state index in [1.165, 1.54) is 0 Å². The molecule has 0 spiro atoms. The number of anilines is 1. The van der Waals surface area contributed by atoms with E-state index in [0.717, 1.165) is 5.56 Å². The number of aliphatic carboxylic acids is 1. The molecule has 1 aromatic rings. The van der Waals surface area contributed by atoms with Gasteiger partial charge < -0.3 is 15.6 Å². The molecule has 0 saturated heterocycles. The van der Waals surface area contributed by atoms with E-state index in [9.17, 15) is 9.90 Å².